The normalized spacial score (nSPS) is 22.6. The van der Waals surface area contributed by atoms with E-state index >= 15 is 0 Å². The van der Waals surface area contributed by atoms with E-state index in [9.17, 15) is 0 Å². The first-order valence-corrected chi connectivity index (χ1v) is 7.26. The Morgan fingerprint density at radius 3 is 2.75 bits per heavy atom. The molecule has 0 spiro atoms. The summed E-state index contributed by atoms with van der Waals surface area (Å²) in [5.74, 6) is 2.11. The number of ether oxygens (including phenoxy) is 3. The van der Waals surface area contributed by atoms with Gasteiger partial charge in [0.15, 0.2) is 11.5 Å². The van der Waals surface area contributed by atoms with Crippen molar-refractivity contribution in [3.8, 4) is 17.2 Å². The topological polar surface area (TPSA) is 57.0 Å². The molecule has 1 atom stereocenters. The lowest BCUT2D eigenvalue weighted by atomic mass is 10.0. The van der Waals surface area contributed by atoms with E-state index in [4.69, 9.17) is 19.9 Å². The summed E-state index contributed by atoms with van der Waals surface area (Å²) in [7, 11) is 2.15. The number of nitrogens with two attached hydrogens (primary N) is 1. The van der Waals surface area contributed by atoms with Gasteiger partial charge in [0.25, 0.3) is 0 Å². The number of likely N-dealkylation sites (tertiary alicyclic amines) is 1. The molecule has 5 nitrogen and oxygen atoms in total. The number of nitrogen functional groups attached to an aromatic ring is 1. The molecule has 0 amide bonds. The molecule has 3 rings (SSSR count). The Hall–Kier alpha value is -1.62. The van der Waals surface area contributed by atoms with Crippen LogP contribution in [0.3, 0.4) is 0 Å². The predicted octanol–water partition coefficient (Wildman–Crippen LogP) is 1.90. The van der Waals surface area contributed by atoms with E-state index in [1.807, 2.05) is 6.07 Å². The van der Waals surface area contributed by atoms with Gasteiger partial charge in [-0.25, -0.2) is 0 Å². The molecule has 20 heavy (non-hydrogen) atoms. The third-order valence-electron chi connectivity index (χ3n) is 4.03. The summed E-state index contributed by atoms with van der Waals surface area (Å²) < 4.78 is 17.0. The summed E-state index contributed by atoms with van der Waals surface area (Å²) in [6.45, 7) is 2.95. The van der Waals surface area contributed by atoms with Gasteiger partial charge in [-0.3, -0.25) is 0 Å². The second-order valence-corrected chi connectivity index (χ2v) is 5.47. The van der Waals surface area contributed by atoms with E-state index in [-0.39, 0.29) is 0 Å². The number of anilines is 1. The van der Waals surface area contributed by atoms with Crippen molar-refractivity contribution in [3.63, 3.8) is 0 Å². The number of benzene rings is 1. The zero-order valence-corrected chi connectivity index (χ0v) is 11.9. The van der Waals surface area contributed by atoms with Crippen molar-refractivity contribution >= 4 is 5.69 Å². The van der Waals surface area contributed by atoms with Gasteiger partial charge in [0.05, 0.1) is 5.69 Å². The number of nitrogens with zero attached hydrogens (tertiary/aromatic N) is 1. The van der Waals surface area contributed by atoms with Crippen LogP contribution in [0.2, 0.25) is 0 Å². The molecule has 2 aliphatic rings. The van der Waals surface area contributed by atoms with Crippen molar-refractivity contribution in [1.82, 2.24) is 4.90 Å². The number of hydrogen-bond donors (Lipinski definition) is 1. The zero-order chi connectivity index (χ0) is 13.9. The highest BCUT2D eigenvalue weighted by molar-refractivity contribution is 5.62. The minimum absolute atomic E-state index is 0.469. The van der Waals surface area contributed by atoms with Crippen LogP contribution in [0.5, 0.6) is 17.2 Å². The first-order chi connectivity index (χ1) is 9.74. The van der Waals surface area contributed by atoms with E-state index in [0.29, 0.717) is 43.0 Å². The number of likely N-dealkylation sites (N-methyl/N-ethyl adjacent to an activating group) is 1. The van der Waals surface area contributed by atoms with Crippen LogP contribution in [0.1, 0.15) is 19.3 Å². The summed E-state index contributed by atoms with van der Waals surface area (Å²) in [4.78, 5) is 2.36. The van der Waals surface area contributed by atoms with Crippen LogP contribution >= 0.6 is 0 Å². The van der Waals surface area contributed by atoms with Crippen molar-refractivity contribution in [2.75, 3.05) is 39.1 Å². The Morgan fingerprint density at radius 1 is 1.25 bits per heavy atom. The molecule has 2 aliphatic heterocycles. The second kappa shape index (κ2) is 5.79. The molecule has 1 aromatic rings. The van der Waals surface area contributed by atoms with Gasteiger partial charge in [-0.2, -0.15) is 0 Å². The summed E-state index contributed by atoms with van der Waals surface area (Å²) in [6.07, 6.45) is 3.73. The minimum atomic E-state index is 0.469. The molecule has 0 aromatic heterocycles. The molecular formula is C15H22N2O3. The molecule has 0 saturated carbocycles. The molecule has 2 N–H and O–H groups in total. The quantitative estimate of drug-likeness (QED) is 0.856. The Balaban J connectivity index is 1.67. The third kappa shape index (κ3) is 2.77. The van der Waals surface area contributed by atoms with Crippen LogP contribution < -0.4 is 19.9 Å². The van der Waals surface area contributed by atoms with E-state index in [2.05, 4.69) is 11.9 Å². The van der Waals surface area contributed by atoms with Gasteiger partial charge in [0.1, 0.15) is 25.6 Å². The second-order valence-electron chi connectivity index (χ2n) is 5.47. The summed E-state index contributed by atoms with van der Waals surface area (Å²) in [5.41, 5.74) is 6.63. The van der Waals surface area contributed by atoms with E-state index in [1.54, 1.807) is 6.07 Å². The first-order valence-electron chi connectivity index (χ1n) is 7.26. The number of piperidine rings is 1. The smallest absolute Gasteiger partial charge is 0.165 e. The molecule has 0 radical (unpaired) electrons. The van der Waals surface area contributed by atoms with Gasteiger partial charge < -0.3 is 24.8 Å². The van der Waals surface area contributed by atoms with Crippen LogP contribution in [0.15, 0.2) is 12.1 Å². The van der Waals surface area contributed by atoms with Crippen molar-refractivity contribution in [2.24, 2.45) is 0 Å². The monoisotopic (exact) mass is 278 g/mol. The fourth-order valence-electron chi connectivity index (χ4n) is 2.75. The molecule has 0 aliphatic carbocycles. The Morgan fingerprint density at radius 2 is 2.00 bits per heavy atom. The largest absolute Gasteiger partial charge is 0.490 e. The zero-order valence-electron chi connectivity index (χ0n) is 11.9. The van der Waals surface area contributed by atoms with Crippen molar-refractivity contribution in [3.05, 3.63) is 12.1 Å². The molecule has 2 heterocycles. The lowest BCUT2D eigenvalue weighted by Gasteiger charge is -2.32. The minimum Gasteiger partial charge on any atom is -0.490 e. The lowest BCUT2D eigenvalue weighted by molar-refractivity contribution is 0.124. The van der Waals surface area contributed by atoms with Crippen LogP contribution in [0.25, 0.3) is 0 Å². The highest BCUT2D eigenvalue weighted by Crippen LogP contribution is 2.38. The highest BCUT2D eigenvalue weighted by atomic mass is 16.6. The van der Waals surface area contributed by atoms with E-state index in [1.165, 1.54) is 19.3 Å². The van der Waals surface area contributed by atoms with Gasteiger partial charge in [0.2, 0.25) is 0 Å². The molecule has 0 bridgehead atoms. The maximum Gasteiger partial charge on any atom is 0.165 e. The number of fused-ring (bicyclic) bond motifs is 1. The average molecular weight is 278 g/mol. The lowest BCUT2D eigenvalue weighted by Crippen LogP contribution is -2.40. The average Bonchev–Trinajstić information content (AvgIpc) is 2.46. The molecule has 1 aromatic carbocycles. The van der Waals surface area contributed by atoms with Gasteiger partial charge in [-0.05, 0) is 26.4 Å². The predicted molar refractivity (Wildman–Crippen MR) is 77.6 cm³/mol. The summed E-state index contributed by atoms with van der Waals surface area (Å²) >= 11 is 0. The van der Waals surface area contributed by atoms with Gasteiger partial charge in [-0.15, -0.1) is 0 Å². The number of hydrogen-bond acceptors (Lipinski definition) is 5. The summed E-state index contributed by atoms with van der Waals surface area (Å²) in [5, 5.41) is 0. The Bertz CT molecular complexity index is 478. The molecule has 1 saturated heterocycles. The van der Waals surface area contributed by atoms with Crippen LogP contribution in [0, 0.1) is 0 Å². The van der Waals surface area contributed by atoms with Crippen LogP contribution in [-0.2, 0) is 0 Å². The van der Waals surface area contributed by atoms with E-state index in [0.717, 1.165) is 12.3 Å². The van der Waals surface area contributed by atoms with Crippen LogP contribution in [0.4, 0.5) is 5.69 Å². The summed E-state index contributed by atoms with van der Waals surface area (Å²) in [6, 6.07) is 4.09. The molecule has 1 fully saturated rings. The molecule has 110 valence electrons. The van der Waals surface area contributed by atoms with Crippen LogP contribution in [-0.4, -0.2) is 44.4 Å². The molecular weight excluding hydrogens is 256 g/mol. The maximum absolute atomic E-state index is 6.02. The highest BCUT2D eigenvalue weighted by Gasteiger charge is 2.21. The van der Waals surface area contributed by atoms with Crippen molar-refractivity contribution in [1.29, 1.82) is 0 Å². The van der Waals surface area contributed by atoms with Gasteiger partial charge >= 0.3 is 0 Å². The van der Waals surface area contributed by atoms with Gasteiger partial charge in [-0.1, -0.05) is 6.42 Å². The fourth-order valence-corrected chi connectivity index (χ4v) is 2.75. The first kappa shape index (κ1) is 13.4. The molecule has 1 unspecified atom stereocenters. The van der Waals surface area contributed by atoms with Crippen molar-refractivity contribution < 1.29 is 14.2 Å². The number of rotatable bonds is 3. The maximum atomic E-state index is 6.02. The van der Waals surface area contributed by atoms with Gasteiger partial charge in [0, 0.05) is 18.2 Å². The Kier molecular flexibility index (Phi) is 3.87. The SMILES string of the molecule is CN1CCCCC1COc1cc2c(cc1N)OCCO2. The van der Waals surface area contributed by atoms with E-state index < -0.39 is 0 Å². The van der Waals surface area contributed by atoms with Crippen molar-refractivity contribution in [2.45, 2.75) is 25.3 Å². The Labute approximate surface area is 119 Å². The standard InChI is InChI=1S/C15H22N2O3/c1-17-5-3-2-4-11(17)10-20-13-9-15-14(8-12(13)16)18-6-7-19-15/h8-9,11H,2-7,10,16H2,1H3. The fraction of sp³-hybridized carbons (Fsp3) is 0.600. The third-order valence-corrected chi connectivity index (χ3v) is 4.03. The molecule has 5 heteroatoms.